The second-order valence-electron chi connectivity index (χ2n) is 6.47. The van der Waals surface area contributed by atoms with E-state index in [-0.39, 0.29) is 31.0 Å². The number of amides is 4. The number of hydrogen-bond donors (Lipinski definition) is 3. The number of imide groups is 1. The van der Waals surface area contributed by atoms with Crippen LogP contribution >= 0.6 is 0 Å². The summed E-state index contributed by atoms with van der Waals surface area (Å²) in [5.74, 6) is -1.66. The molecular weight excluding hydrogens is 340 g/mol. The maximum Gasteiger partial charge on any atom is 0.327 e. The Bertz CT molecular complexity index is 519. The molecule has 4 amide bonds. The van der Waals surface area contributed by atoms with Gasteiger partial charge in [0.2, 0.25) is 11.8 Å². The molecule has 2 atom stereocenters. The molecule has 0 aromatic carbocycles. The topological polar surface area (TPSA) is 119 Å². The van der Waals surface area contributed by atoms with Crippen LogP contribution in [0.4, 0.5) is 4.79 Å². The van der Waals surface area contributed by atoms with E-state index in [9.17, 15) is 19.2 Å². The zero-order chi connectivity index (χ0) is 19.7. The molecule has 0 bridgehead atoms. The average Bonchev–Trinajstić information content (AvgIpc) is 2.68. The first-order valence-corrected chi connectivity index (χ1v) is 9.14. The second-order valence-corrected chi connectivity index (χ2v) is 6.47. The van der Waals surface area contributed by atoms with E-state index in [1.165, 1.54) is 5.48 Å². The number of rotatable bonds is 8. The van der Waals surface area contributed by atoms with Gasteiger partial charge < -0.3 is 10.2 Å². The molecule has 1 aliphatic rings. The zero-order valence-electron chi connectivity index (χ0n) is 15.8. The Morgan fingerprint density at radius 1 is 1.15 bits per heavy atom. The fourth-order valence-electron chi connectivity index (χ4n) is 2.93. The molecular formula is C17H30N4O5. The molecule has 1 rings (SSSR count). The van der Waals surface area contributed by atoms with Crippen molar-refractivity contribution in [3.05, 3.63) is 0 Å². The zero-order valence-corrected chi connectivity index (χ0v) is 15.8. The van der Waals surface area contributed by atoms with Crippen molar-refractivity contribution in [2.75, 3.05) is 26.2 Å². The lowest BCUT2D eigenvalue weighted by atomic mass is 9.92. The molecule has 9 nitrogen and oxygen atoms in total. The summed E-state index contributed by atoms with van der Waals surface area (Å²) in [5.41, 5.74) is 1.47. The van der Waals surface area contributed by atoms with Crippen molar-refractivity contribution >= 4 is 23.6 Å². The molecule has 1 saturated heterocycles. The summed E-state index contributed by atoms with van der Waals surface area (Å²) in [7, 11) is 0. The predicted molar refractivity (Wildman–Crippen MR) is 94.4 cm³/mol. The van der Waals surface area contributed by atoms with Gasteiger partial charge in [-0.15, -0.1) is 0 Å². The summed E-state index contributed by atoms with van der Waals surface area (Å²) in [6, 6.07) is -1.34. The number of hydroxylamine groups is 1. The molecule has 0 spiro atoms. The summed E-state index contributed by atoms with van der Waals surface area (Å²) < 4.78 is 0. The van der Waals surface area contributed by atoms with Crippen LogP contribution in [0.15, 0.2) is 0 Å². The lowest BCUT2D eigenvalue weighted by Gasteiger charge is -2.38. The van der Waals surface area contributed by atoms with Crippen LogP contribution in [0.5, 0.6) is 0 Å². The first-order chi connectivity index (χ1) is 12.4. The highest BCUT2D eigenvalue weighted by molar-refractivity contribution is 6.01. The molecule has 9 heteroatoms. The number of urea groups is 1. The summed E-state index contributed by atoms with van der Waals surface area (Å²) in [5, 5.41) is 11.7. The number of piperazine rings is 1. The van der Waals surface area contributed by atoms with Crippen molar-refractivity contribution in [2.24, 2.45) is 5.92 Å². The van der Waals surface area contributed by atoms with Crippen molar-refractivity contribution in [1.29, 1.82) is 0 Å². The van der Waals surface area contributed by atoms with E-state index >= 15 is 0 Å². The van der Waals surface area contributed by atoms with Gasteiger partial charge in [0.05, 0.1) is 0 Å². The Morgan fingerprint density at radius 2 is 1.77 bits per heavy atom. The third-order valence-corrected chi connectivity index (χ3v) is 4.69. The number of Topliss-reactive ketones (excluding diaryl/α,β-unsaturated/α-hetero) is 1. The second kappa shape index (κ2) is 10.9. The first kappa shape index (κ1) is 22.0. The summed E-state index contributed by atoms with van der Waals surface area (Å²) in [4.78, 5) is 52.2. The standard InChI is InChI=1S/C17H30N4O5/c1-4-12(3)16(13(22)5-2)21(15(24)7-6-14(23)19-26)17(25)20-10-8-18-9-11-20/h12,16,18,26H,4-11H2,1-3H3,(H,19,23)/t12-,16-/m0/s1. The fourth-order valence-corrected chi connectivity index (χ4v) is 2.93. The Kier molecular flexibility index (Phi) is 9.22. The smallest absolute Gasteiger partial charge is 0.322 e. The van der Waals surface area contributed by atoms with Gasteiger partial charge in [0.1, 0.15) is 6.04 Å². The van der Waals surface area contributed by atoms with E-state index in [0.717, 1.165) is 4.90 Å². The van der Waals surface area contributed by atoms with Gasteiger partial charge in [-0.2, -0.15) is 0 Å². The number of ketones is 1. The number of nitrogens with one attached hydrogen (secondary N) is 2. The van der Waals surface area contributed by atoms with Crippen LogP contribution in [0.3, 0.4) is 0 Å². The summed E-state index contributed by atoms with van der Waals surface area (Å²) in [6.45, 7) is 7.59. The van der Waals surface area contributed by atoms with Gasteiger partial charge in [0.25, 0.3) is 0 Å². The highest BCUT2D eigenvalue weighted by Gasteiger charge is 2.39. The minimum Gasteiger partial charge on any atom is -0.322 e. The van der Waals surface area contributed by atoms with E-state index in [0.29, 0.717) is 32.6 Å². The molecule has 1 aliphatic heterocycles. The SMILES string of the molecule is CCC(=O)[C@H]([C@@H](C)CC)N(C(=O)CCC(=O)NO)C(=O)N1CCNCC1. The number of nitrogens with zero attached hydrogens (tertiary/aromatic N) is 2. The van der Waals surface area contributed by atoms with Gasteiger partial charge in [0.15, 0.2) is 5.78 Å². The molecule has 0 aliphatic carbocycles. The summed E-state index contributed by atoms with van der Waals surface area (Å²) >= 11 is 0. The molecule has 0 aromatic heterocycles. The van der Waals surface area contributed by atoms with Gasteiger partial charge >= 0.3 is 6.03 Å². The monoisotopic (exact) mass is 370 g/mol. The molecule has 0 aromatic rings. The Hall–Kier alpha value is -2.00. The van der Waals surface area contributed by atoms with E-state index in [1.54, 1.807) is 11.8 Å². The molecule has 0 saturated carbocycles. The van der Waals surface area contributed by atoms with Crippen LogP contribution in [0.25, 0.3) is 0 Å². The minimum atomic E-state index is -0.850. The van der Waals surface area contributed by atoms with Crippen LogP contribution in [0.2, 0.25) is 0 Å². The molecule has 1 fully saturated rings. The van der Waals surface area contributed by atoms with Crippen LogP contribution in [0.1, 0.15) is 46.5 Å². The van der Waals surface area contributed by atoms with Crippen molar-refractivity contribution < 1.29 is 24.4 Å². The van der Waals surface area contributed by atoms with Crippen molar-refractivity contribution in [3.8, 4) is 0 Å². The third-order valence-electron chi connectivity index (χ3n) is 4.69. The third kappa shape index (κ3) is 5.77. The van der Waals surface area contributed by atoms with Crippen LogP contribution in [0, 0.1) is 5.92 Å². The maximum absolute atomic E-state index is 13.0. The quantitative estimate of drug-likeness (QED) is 0.423. The van der Waals surface area contributed by atoms with Gasteiger partial charge in [0, 0.05) is 45.4 Å². The predicted octanol–water partition coefficient (Wildman–Crippen LogP) is 0.520. The number of hydrogen-bond acceptors (Lipinski definition) is 6. The van der Waals surface area contributed by atoms with E-state index in [1.807, 2.05) is 13.8 Å². The van der Waals surface area contributed by atoms with E-state index in [4.69, 9.17) is 5.21 Å². The van der Waals surface area contributed by atoms with E-state index < -0.39 is 23.9 Å². The molecule has 26 heavy (non-hydrogen) atoms. The van der Waals surface area contributed by atoms with Crippen LogP contribution < -0.4 is 10.8 Å². The maximum atomic E-state index is 13.0. The highest BCUT2D eigenvalue weighted by Crippen LogP contribution is 2.21. The minimum absolute atomic E-state index is 0.178. The fraction of sp³-hybridized carbons (Fsp3) is 0.765. The van der Waals surface area contributed by atoms with Crippen LogP contribution in [-0.4, -0.2) is 70.9 Å². The average molecular weight is 370 g/mol. The van der Waals surface area contributed by atoms with Gasteiger partial charge in [-0.1, -0.05) is 27.2 Å². The number of carbonyl (C=O) groups is 4. The Balaban J connectivity index is 3.11. The first-order valence-electron chi connectivity index (χ1n) is 9.14. The van der Waals surface area contributed by atoms with Crippen LogP contribution in [-0.2, 0) is 14.4 Å². The Labute approximate surface area is 154 Å². The van der Waals surface area contributed by atoms with E-state index in [2.05, 4.69) is 5.32 Å². The summed E-state index contributed by atoms with van der Waals surface area (Å²) in [6.07, 6.45) is 0.333. The Morgan fingerprint density at radius 3 is 2.27 bits per heavy atom. The number of carbonyl (C=O) groups excluding carboxylic acids is 4. The largest absolute Gasteiger partial charge is 0.327 e. The van der Waals surface area contributed by atoms with Gasteiger partial charge in [-0.05, 0) is 5.92 Å². The molecule has 0 radical (unpaired) electrons. The highest BCUT2D eigenvalue weighted by atomic mass is 16.5. The molecule has 1 heterocycles. The molecule has 148 valence electrons. The van der Waals surface area contributed by atoms with Gasteiger partial charge in [-0.3, -0.25) is 24.5 Å². The van der Waals surface area contributed by atoms with Crippen molar-refractivity contribution in [2.45, 2.75) is 52.5 Å². The molecule has 3 N–H and O–H groups in total. The normalized spacial score (nSPS) is 16.5. The lowest BCUT2D eigenvalue weighted by Crippen LogP contribution is -2.58. The molecule has 0 unspecified atom stereocenters. The van der Waals surface area contributed by atoms with Crippen molar-refractivity contribution in [3.63, 3.8) is 0 Å². The lowest BCUT2D eigenvalue weighted by molar-refractivity contribution is -0.140. The van der Waals surface area contributed by atoms with Gasteiger partial charge in [-0.25, -0.2) is 10.3 Å². The van der Waals surface area contributed by atoms with Crippen molar-refractivity contribution in [1.82, 2.24) is 20.6 Å².